The molecule has 0 aliphatic carbocycles. The first-order chi connectivity index (χ1) is 13.0. The molecule has 0 bridgehead atoms. The summed E-state index contributed by atoms with van der Waals surface area (Å²) in [6, 6.07) is 12.5. The first-order valence-corrected chi connectivity index (χ1v) is 9.06. The number of rotatable bonds is 7. The zero-order valence-corrected chi connectivity index (χ0v) is 15.5. The van der Waals surface area contributed by atoms with Gasteiger partial charge in [0.15, 0.2) is 6.10 Å². The molecule has 1 atom stereocenters. The highest BCUT2D eigenvalue weighted by Gasteiger charge is 2.31. The van der Waals surface area contributed by atoms with Gasteiger partial charge in [0.25, 0.3) is 5.91 Å². The van der Waals surface area contributed by atoms with Gasteiger partial charge in [-0.25, -0.2) is 4.79 Å². The van der Waals surface area contributed by atoms with Crippen LogP contribution >= 0.6 is 0 Å². The number of anilines is 1. The molecule has 2 aromatic carbocycles. The maximum Gasteiger partial charge on any atom is 0.335 e. The molecule has 0 fully saturated rings. The third-order valence-electron chi connectivity index (χ3n) is 4.54. The zero-order valence-electron chi connectivity index (χ0n) is 15.5. The number of carboxylic acid groups (broad SMARTS) is 1. The van der Waals surface area contributed by atoms with Crippen molar-refractivity contribution in [1.82, 2.24) is 0 Å². The Morgan fingerprint density at radius 1 is 1.22 bits per heavy atom. The number of hydrogen-bond acceptors (Lipinski definition) is 4. The van der Waals surface area contributed by atoms with Crippen LogP contribution < -0.4 is 14.4 Å². The number of amides is 1. The number of benzene rings is 2. The molecule has 1 unspecified atom stereocenters. The SMILES string of the molecule is CCc1ccc(OCCCN2C(=O)C(C)Oc3ccc(C(=O)O)cc32)cc1. The molecule has 0 saturated carbocycles. The molecule has 1 aliphatic heterocycles. The number of aryl methyl sites for hydroxylation is 1. The van der Waals surface area contributed by atoms with Crippen molar-refractivity contribution in [3.8, 4) is 11.5 Å². The number of fused-ring (bicyclic) bond motifs is 1. The quantitative estimate of drug-likeness (QED) is 0.756. The van der Waals surface area contributed by atoms with Crippen LogP contribution in [-0.4, -0.2) is 36.2 Å². The molecule has 0 spiro atoms. The molecule has 1 heterocycles. The molecule has 6 heteroatoms. The van der Waals surface area contributed by atoms with Gasteiger partial charge in [-0.15, -0.1) is 0 Å². The highest BCUT2D eigenvalue weighted by molar-refractivity contribution is 6.01. The highest BCUT2D eigenvalue weighted by Crippen LogP contribution is 2.35. The van der Waals surface area contributed by atoms with Crippen molar-refractivity contribution in [2.75, 3.05) is 18.1 Å². The van der Waals surface area contributed by atoms with E-state index in [0.717, 1.165) is 12.2 Å². The van der Waals surface area contributed by atoms with Crippen molar-refractivity contribution in [2.45, 2.75) is 32.8 Å². The van der Waals surface area contributed by atoms with Crippen LogP contribution in [0.4, 0.5) is 5.69 Å². The topological polar surface area (TPSA) is 76.1 Å². The minimum atomic E-state index is -1.04. The lowest BCUT2D eigenvalue weighted by atomic mass is 10.1. The van der Waals surface area contributed by atoms with Crippen LogP contribution in [0.3, 0.4) is 0 Å². The average molecular weight is 369 g/mol. The van der Waals surface area contributed by atoms with Crippen LogP contribution in [0.25, 0.3) is 0 Å². The fraction of sp³-hybridized carbons (Fsp3) is 0.333. The van der Waals surface area contributed by atoms with Gasteiger partial charge in [0.2, 0.25) is 0 Å². The van der Waals surface area contributed by atoms with Crippen molar-refractivity contribution >= 4 is 17.6 Å². The van der Waals surface area contributed by atoms with Crippen molar-refractivity contribution in [2.24, 2.45) is 0 Å². The minimum absolute atomic E-state index is 0.122. The number of carbonyl (C=O) groups is 2. The van der Waals surface area contributed by atoms with Crippen LogP contribution in [0.2, 0.25) is 0 Å². The van der Waals surface area contributed by atoms with E-state index in [4.69, 9.17) is 9.47 Å². The molecule has 0 aromatic heterocycles. The first kappa shape index (κ1) is 18.8. The molecule has 6 nitrogen and oxygen atoms in total. The largest absolute Gasteiger partial charge is 0.494 e. The third-order valence-corrected chi connectivity index (χ3v) is 4.54. The maximum absolute atomic E-state index is 12.5. The van der Waals surface area contributed by atoms with Crippen molar-refractivity contribution in [3.63, 3.8) is 0 Å². The van der Waals surface area contributed by atoms with Gasteiger partial charge >= 0.3 is 5.97 Å². The van der Waals surface area contributed by atoms with Gasteiger partial charge in [0.1, 0.15) is 11.5 Å². The fourth-order valence-corrected chi connectivity index (χ4v) is 3.00. The van der Waals surface area contributed by atoms with Crippen molar-refractivity contribution in [1.29, 1.82) is 0 Å². The molecule has 1 amide bonds. The lowest BCUT2D eigenvalue weighted by Crippen LogP contribution is -2.45. The van der Waals surface area contributed by atoms with Crippen LogP contribution in [-0.2, 0) is 11.2 Å². The number of ether oxygens (including phenoxy) is 2. The Morgan fingerprint density at radius 3 is 2.63 bits per heavy atom. The summed E-state index contributed by atoms with van der Waals surface area (Å²) in [6.45, 7) is 4.67. The van der Waals surface area contributed by atoms with Crippen LogP contribution in [0.1, 0.15) is 36.2 Å². The Morgan fingerprint density at radius 2 is 1.96 bits per heavy atom. The molecule has 1 aliphatic rings. The molecule has 2 aromatic rings. The Balaban J connectivity index is 1.65. The number of carboxylic acids is 1. The van der Waals surface area contributed by atoms with Gasteiger partial charge in [-0.1, -0.05) is 19.1 Å². The van der Waals surface area contributed by atoms with Gasteiger partial charge in [-0.05, 0) is 55.7 Å². The van der Waals surface area contributed by atoms with Crippen LogP contribution in [0, 0.1) is 0 Å². The summed E-state index contributed by atoms with van der Waals surface area (Å²) >= 11 is 0. The van der Waals surface area contributed by atoms with E-state index in [1.807, 2.05) is 24.3 Å². The van der Waals surface area contributed by atoms with E-state index in [1.165, 1.54) is 17.7 Å². The predicted octanol–water partition coefficient (Wildman–Crippen LogP) is 3.53. The summed E-state index contributed by atoms with van der Waals surface area (Å²) in [5.74, 6) is 0.0885. The number of nitrogens with zero attached hydrogens (tertiary/aromatic N) is 1. The summed E-state index contributed by atoms with van der Waals surface area (Å²) in [7, 11) is 0. The average Bonchev–Trinajstić information content (AvgIpc) is 2.67. The normalized spacial score (nSPS) is 15.9. The Bertz CT molecular complexity index is 831. The van der Waals surface area contributed by atoms with Crippen LogP contribution in [0.5, 0.6) is 11.5 Å². The van der Waals surface area contributed by atoms with Crippen molar-refractivity contribution < 1.29 is 24.2 Å². The van der Waals surface area contributed by atoms with E-state index >= 15 is 0 Å². The van der Waals surface area contributed by atoms with Crippen molar-refractivity contribution in [3.05, 3.63) is 53.6 Å². The summed E-state index contributed by atoms with van der Waals surface area (Å²) in [4.78, 5) is 25.3. The van der Waals surface area contributed by atoms with E-state index in [0.29, 0.717) is 31.0 Å². The number of aromatic carboxylic acids is 1. The van der Waals surface area contributed by atoms with E-state index in [1.54, 1.807) is 17.9 Å². The Kier molecular flexibility index (Phi) is 5.64. The standard InChI is InChI=1S/C21H23NO5/c1-3-15-5-8-17(9-6-15)26-12-4-11-22-18-13-16(21(24)25)7-10-19(18)27-14(2)20(22)23/h5-10,13-14H,3-4,11-12H2,1-2H3,(H,24,25). The fourth-order valence-electron chi connectivity index (χ4n) is 3.00. The Labute approximate surface area is 158 Å². The number of hydrogen-bond donors (Lipinski definition) is 1. The molecule has 1 N–H and O–H groups in total. The highest BCUT2D eigenvalue weighted by atomic mass is 16.5. The summed E-state index contributed by atoms with van der Waals surface area (Å²) in [6.07, 6.45) is 0.996. The third kappa shape index (κ3) is 4.22. The van der Waals surface area contributed by atoms with Gasteiger partial charge < -0.3 is 19.5 Å². The van der Waals surface area contributed by atoms with Gasteiger partial charge in [-0.3, -0.25) is 4.79 Å². The molecule has 0 radical (unpaired) electrons. The summed E-state index contributed by atoms with van der Waals surface area (Å²) in [5.41, 5.74) is 1.86. The summed E-state index contributed by atoms with van der Waals surface area (Å²) in [5, 5.41) is 9.20. The summed E-state index contributed by atoms with van der Waals surface area (Å²) < 4.78 is 11.3. The second-order valence-electron chi connectivity index (χ2n) is 6.44. The minimum Gasteiger partial charge on any atom is -0.494 e. The van der Waals surface area contributed by atoms with Gasteiger partial charge in [0.05, 0.1) is 17.9 Å². The number of carbonyl (C=O) groups excluding carboxylic acids is 1. The lowest BCUT2D eigenvalue weighted by molar-refractivity contribution is -0.125. The molecular formula is C21H23NO5. The van der Waals surface area contributed by atoms with Gasteiger partial charge in [0, 0.05) is 6.54 Å². The molecular weight excluding hydrogens is 346 g/mol. The first-order valence-electron chi connectivity index (χ1n) is 9.06. The zero-order chi connectivity index (χ0) is 19.4. The predicted molar refractivity (Wildman–Crippen MR) is 102 cm³/mol. The molecule has 0 saturated heterocycles. The van der Waals surface area contributed by atoms with Gasteiger partial charge in [-0.2, -0.15) is 0 Å². The monoisotopic (exact) mass is 369 g/mol. The second-order valence-corrected chi connectivity index (χ2v) is 6.44. The maximum atomic E-state index is 12.5. The van der Waals surface area contributed by atoms with E-state index in [-0.39, 0.29) is 11.5 Å². The molecule has 27 heavy (non-hydrogen) atoms. The van der Waals surface area contributed by atoms with E-state index < -0.39 is 12.1 Å². The van der Waals surface area contributed by atoms with E-state index in [2.05, 4.69) is 6.92 Å². The smallest absolute Gasteiger partial charge is 0.335 e. The Hall–Kier alpha value is -3.02. The molecule has 3 rings (SSSR count). The molecule has 142 valence electrons. The second kappa shape index (κ2) is 8.12. The lowest BCUT2D eigenvalue weighted by Gasteiger charge is -2.33. The van der Waals surface area contributed by atoms with E-state index in [9.17, 15) is 14.7 Å². The van der Waals surface area contributed by atoms with Crippen LogP contribution in [0.15, 0.2) is 42.5 Å².